The van der Waals surface area contributed by atoms with Crippen LogP contribution in [0.2, 0.25) is 0 Å². The Balaban J connectivity index is 0.000000177. The number of thiophene rings is 2. The highest BCUT2D eigenvalue weighted by molar-refractivity contribution is 9.11. The Morgan fingerprint density at radius 3 is 1.75 bits per heavy atom. The highest BCUT2D eigenvalue weighted by Crippen LogP contribution is 2.39. The minimum atomic E-state index is -0.987. The molecule has 2 amide bonds. The number of likely N-dealkylation sites (tertiary alicyclic amines) is 2. The molecule has 0 spiro atoms. The number of amides is 2. The van der Waals surface area contributed by atoms with Crippen LogP contribution in [-0.4, -0.2) is 65.7 Å². The lowest BCUT2D eigenvalue weighted by Crippen LogP contribution is -2.46. The Morgan fingerprint density at radius 2 is 1.32 bits per heavy atom. The molecule has 2 aliphatic heterocycles. The fraction of sp³-hybridized carbons (Fsp3) is 0.500. The Labute approximate surface area is 277 Å². The largest absolute Gasteiger partial charge is 0.465 e. The molecule has 4 aromatic rings. The first-order valence-corrected chi connectivity index (χ1v) is 17.1. The number of hydrogen-bond donors (Lipinski definition) is 3. The van der Waals surface area contributed by atoms with E-state index in [0.29, 0.717) is 51.6 Å². The van der Waals surface area contributed by atoms with E-state index in [0.717, 1.165) is 26.8 Å². The van der Waals surface area contributed by atoms with Crippen LogP contribution in [0.25, 0.3) is 20.4 Å². The Kier molecular flexibility index (Phi) is 8.76. The molecule has 2 aliphatic rings. The third kappa shape index (κ3) is 6.17. The second-order valence-electron chi connectivity index (χ2n) is 12.2. The maximum absolute atomic E-state index is 12.6. The van der Waals surface area contributed by atoms with Gasteiger partial charge in [0.15, 0.2) is 0 Å². The van der Waals surface area contributed by atoms with E-state index >= 15 is 0 Å². The summed E-state index contributed by atoms with van der Waals surface area (Å²) in [5.74, 6) is 0.925. The average Bonchev–Trinajstić information content (AvgIpc) is 3.68. The summed E-state index contributed by atoms with van der Waals surface area (Å²) < 4.78 is 8.33. The lowest BCUT2D eigenvalue weighted by Gasteiger charge is -2.35. The van der Waals surface area contributed by atoms with Gasteiger partial charge in [-0.15, -0.1) is 22.7 Å². The van der Waals surface area contributed by atoms with Gasteiger partial charge in [-0.05, 0) is 104 Å². The molecule has 0 aliphatic carbocycles. The van der Waals surface area contributed by atoms with E-state index in [1.165, 1.54) is 27.6 Å². The molecule has 2 saturated heterocycles. The van der Waals surface area contributed by atoms with Gasteiger partial charge in [-0.25, -0.2) is 19.6 Å². The second-order valence-corrected chi connectivity index (χ2v) is 17.0. The molecule has 6 rings (SSSR count). The predicted octanol–water partition coefficient (Wildman–Crippen LogP) is 6.73. The number of H-pyrrole nitrogens is 2. The van der Waals surface area contributed by atoms with Gasteiger partial charge in [0.05, 0.1) is 18.6 Å². The molecule has 0 aromatic carbocycles. The van der Waals surface area contributed by atoms with Gasteiger partial charge in [0.2, 0.25) is 0 Å². The lowest BCUT2D eigenvalue weighted by atomic mass is 9.98. The molecule has 236 valence electrons. The second kappa shape index (κ2) is 11.8. The topological polar surface area (TPSA) is 162 Å². The molecule has 2 fully saturated rings. The van der Waals surface area contributed by atoms with Crippen LogP contribution in [0.3, 0.4) is 0 Å². The molecular formula is C28H32Br2N6O6S2. The quantitative estimate of drug-likeness (QED) is 0.202. The summed E-state index contributed by atoms with van der Waals surface area (Å²) in [6, 6.07) is 3.61. The number of hydrogen-bond acceptors (Lipinski definition) is 9. The third-order valence-corrected chi connectivity index (χ3v) is 11.1. The van der Waals surface area contributed by atoms with Crippen molar-refractivity contribution in [3.8, 4) is 0 Å². The zero-order chi connectivity index (χ0) is 32.2. The number of aromatic nitrogens is 4. The molecule has 0 saturated carbocycles. The zero-order valence-corrected chi connectivity index (χ0v) is 29.6. The molecule has 16 heteroatoms. The van der Waals surface area contributed by atoms with Crippen molar-refractivity contribution in [2.24, 2.45) is 0 Å². The summed E-state index contributed by atoms with van der Waals surface area (Å²) in [6.45, 7) is 10.3. The van der Waals surface area contributed by atoms with Crippen LogP contribution in [0, 0.1) is 0 Å². The Bertz CT molecular complexity index is 1880. The molecule has 12 nitrogen and oxygen atoms in total. The van der Waals surface area contributed by atoms with Crippen molar-refractivity contribution in [1.82, 2.24) is 29.7 Å². The summed E-state index contributed by atoms with van der Waals surface area (Å²) in [7, 11) is 0. The number of nitrogens with zero attached hydrogens (tertiary/aromatic N) is 4. The number of ether oxygens (including phenoxy) is 1. The van der Waals surface area contributed by atoms with Gasteiger partial charge in [0, 0.05) is 13.1 Å². The summed E-state index contributed by atoms with van der Waals surface area (Å²) in [5.41, 5.74) is -1.18. The van der Waals surface area contributed by atoms with E-state index in [9.17, 15) is 24.3 Å². The number of aromatic amines is 2. The van der Waals surface area contributed by atoms with Gasteiger partial charge in [0.1, 0.15) is 37.7 Å². The van der Waals surface area contributed by atoms with Gasteiger partial charge in [0.25, 0.3) is 11.1 Å². The zero-order valence-electron chi connectivity index (χ0n) is 24.7. The molecule has 4 aromatic heterocycles. The van der Waals surface area contributed by atoms with Crippen molar-refractivity contribution in [2.75, 3.05) is 13.1 Å². The first-order chi connectivity index (χ1) is 20.5. The minimum absolute atomic E-state index is 0.178. The lowest BCUT2D eigenvalue weighted by molar-refractivity contribution is 0.00853. The maximum atomic E-state index is 12.6. The summed E-state index contributed by atoms with van der Waals surface area (Å²) in [6.07, 6.45) is 1.62. The highest BCUT2D eigenvalue weighted by atomic mass is 79.9. The van der Waals surface area contributed by atoms with Crippen LogP contribution in [0.4, 0.5) is 9.59 Å². The Morgan fingerprint density at radius 1 is 0.886 bits per heavy atom. The van der Waals surface area contributed by atoms with Gasteiger partial charge >= 0.3 is 12.2 Å². The first kappa shape index (κ1) is 32.6. The van der Waals surface area contributed by atoms with E-state index < -0.39 is 22.8 Å². The number of carbonyl (C=O) groups is 2. The van der Waals surface area contributed by atoms with E-state index in [1.54, 1.807) is 17.9 Å². The van der Waals surface area contributed by atoms with E-state index in [2.05, 4.69) is 51.8 Å². The monoisotopic (exact) mass is 770 g/mol. The average molecular weight is 773 g/mol. The number of carboxylic acid groups (broad SMARTS) is 1. The third-order valence-electron chi connectivity index (χ3n) is 7.85. The van der Waals surface area contributed by atoms with Gasteiger partial charge < -0.3 is 19.8 Å². The molecule has 44 heavy (non-hydrogen) atoms. The first-order valence-electron chi connectivity index (χ1n) is 13.9. The van der Waals surface area contributed by atoms with Gasteiger partial charge in [-0.3, -0.25) is 19.4 Å². The van der Waals surface area contributed by atoms with E-state index in [4.69, 9.17) is 4.74 Å². The SMILES string of the molecule is CC(C)(C)OC(=O)N1CCCC1(C)c1nc2cc(Br)sc2c(=O)[nH]1.CC1(c2nc3cc(Br)sc3c(=O)[nH]2)CCCN1C(=O)O. The van der Waals surface area contributed by atoms with Crippen molar-refractivity contribution >= 4 is 87.2 Å². The smallest absolute Gasteiger partial charge is 0.411 e. The Hall–Kier alpha value is -2.82. The van der Waals surface area contributed by atoms with Gasteiger partial charge in [-0.1, -0.05) is 0 Å². The number of rotatable bonds is 2. The normalized spacial score (nSPS) is 22.0. The minimum Gasteiger partial charge on any atom is -0.465 e. The van der Waals surface area contributed by atoms with Crippen molar-refractivity contribution in [3.05, 3.63) is 52.1 Å². The highest BCUT2D eigenvalue weighted by Gasteiger charge is 2.45. The summed E-state index contributed by atoms with van der Waals surface area (Å²) >= 11 is 9.39. The maximum Gasteiger partial charge on any atom is 0.411 e. The molecule has 0 radical (unpaired) electrons. The van der Waals surface area contributed by atoms with Crippen LogP contribution in [-0.2, 0) is 15.8 Å². The van der Waals surface area contributed by atoms with E-state index in [1.807, 2.05) is 33.8 Å². The van der Waals surface area contributed by atoms with E-state index in [-0.39, 0.29) is 17.2 Å². The fourth-order valence-electron chi connectivity index (χ4n) is 5.67. The van der Waals surface area contributed by atoms with Crippen LogP contribution in [0.1, 0.15) is 72.0 Å². The van der Waals surface area contributed by atoms with Crippen molar-refractivity contribution < 1.29 is 19.4 Å². The summed E-state index contributed by atoms with van der Waals surface area (Å²) in [4.78, 5) is 66.1. The molecule has 2 atom stereocenters. The van der Waals surface area contributed by atoms with Crippen LogP contribution < -0.4 is 11.1 Å². The molecule has 6 heterocycles. The number of halogens is 2. The predicted molar refractivity (Wildman–Crippen MR) is 177 cm³/mol. The van der Waals surface area contributed by atoms with Crippen molar-refractivity contribution in [2.45, 2.75) is 77.0 Å². The summed E-state index contributed by atoms with van der Waals surface area (Å²) in [5, 5.41) is 9.30. The van der Waals surface area contributed by atoms with Crippen LogP contribution in [0.5, 0.6) is 0 Å². The van der Waals surface area contributed by atoms with Gasteiger partial charge in [-0.2, -0.15) is 0 Å². The van der Waals surface area contributed by atoms with Crippen molar-refractivity contribution in [1.29, 1.82) is 0 Å². The van der Waals surface area contributed by atoms with Crippen molar-refractivity contribution in [3.63, 3.8) is 0 Å². The van der Waals surface area contributed by atoms with Crippen LogP contribution in [0.15, 0.2) is 29.3 Å². The fourth-order valence-corrected chi connectivity index (χ4v) is 8.51. The number of carbonyl (C=O) groups excluding carboxylic acids is 1. The molecule has 3 N–H and O–H groups in total. The molecular weight excluding hydrogens is 740 g/mol. The number of nitrogens with one attached hydrogen (secondary N) is 2. The number of fused-ring (bicyclic) bond motifs is 2. The standard InChI is InChI=1S/C16H20BrN3O3S.C12H12BrN3O3S/c1-15(2,3)23-14(22)20-7-5-6-16(20,4)13-18-9-8-10(17)24-11(9)12(21)19-13;1-12(3-2-4-16(12)11(18)19)10-14-6-5-7(13)20-8(6)9(17)15-10/h8H,5-7H2,1-4H3,(H,18,19,21);5H,2-4H2,1H3,(H,18,19)(H,14,15,17). The molecule has 2 unspecified atom stereocenters. The molecule has 0 bridgehead atoms. The van der Waals surface area contributed by atoms with Crippen LogP contribution >= 0.6 is 54.5 Å².